The first-order valence-electron chi connectivity index (χ1n) is 10.0. The van der Waals surface area contributed by atoms with Gasteiger partial charge in [0.2, 0.25) is 5.95 Å². The zero-order chi connectivity index (χ0) is 23.5. The third kappa shape index (κ3) is 5.11. The van der Waals surface area contributed by atoms with Crippen molar-refractivity contribution < 1.29 is 18.7 Å². The first-order valence-corrected chi connectivity index (χ1v) is 10.0. The lowest BCUT2D eigenvalue weighted by atomic mass is 9.91. The van der Waals surface area contributed by atoms with Crippen molar-refractivity contribution in [2.24, 2.45) is 0 Å². The van der Waals surface area contributed by atoms with Gasteiger partial charge in [-0.1, -0.05) is 6.58 Å². The van der Waals surface area contributed by atoms with Crippen molar-refractivity contribution in [3.8, 4) is 23.2 Å². The van der Waals surface area contributed by atoms with Crippen LogP contribution in [0.1, 0.15) is 32.8 Å². The van der Waals surface area contributed by atoms with Crippen LogP contribution in [0.15, 0.2) is 37.2 Å². The number of halogens is 1. The van der Waals surface area contributed by atoms with Crippen molar-refractivity contribution in [2.45, 2.75) is 44.6 Å². The third-order valence-corrected chi connectivity index (χ3v) is 4.81. The van der Waals surface area contributed by atoms with Crippen molar-refractivity contribution >= 4 is 12.0 Å². The third-order valence-electron chi connectivity index (χ3n) is 4.81. The van der Waals surface area contributed by atoms with Crippen molar-refractivity contribution in [1.82, 2.24) is 19.9 Å². The number of nitrogens with zero attached hydrogens (tertiary/aromatic N) is 5. The molecule has 0 radical (unpaired) electrons. The number of amides is 1. The number of ether oxygens (including phenoxy) is 2. The number of hydrogen-bond acceptors (Lipinski definition) is 8. The number of nitrogens with two attached hydrogens (primary N) is 1. The summed E-state index contributed by atoms with van der Waals surface area (Å²) in [7, 11) is 0. The Morgan fingerprint density at radius 1 is 1.44 bits per heavy atom. The SMILES string of the molecule is C=CC1(F)CN(C(=O)OC(C)(C)C)CCC1Oc1cnc(-c2ccnc(N)n2)cc1C#N. The Hall–Kier alpha value is -3.74. The largest absolute Gasteiger partial charge is 0.484 e. The van der Waals surface area contributed by atoms with Gasteiger partial charge in [-0.2, -0.15) is 5.26 Å². The number of pyridine rings is 1. The Labute approximate surface area is 185 Å². The van der Waals surface area contributed by atoms with E-state index in [1.54, 1.807) is 26.8 Å². The summed E-state index contributed by atoms with van der Waals surface area (Å²) in [4.78, 5) is 25.8. The summed E-state index contributed by atoms with van der Waals surface area (Å²) in [6.45, 7) is 8.76. The average molecular weight is 440 g/mol. The molecule has 1 aliphatic heterocycles. The van der Waals surface area contributed by atoms with Gasteiger partial charge in [0.05, 0.1) is 29.7 Å². The lowest BCUT2D eigenvalue weighted by Crippen LogP contribution is -2.57. The number of likely N-dealkylation sites (tertiary alicyclic amines) is 1. The van der Waals surface area contributed by atoms with E-state index >= 15 is 4.39 Å². The molecule has 0 spiro atoms. The maximum Gasteiger partial charge on any atom is 0.410 e. The van der Waals surface area contributed by atoms with Crippen LogP contribution in [-0.4, -0.2) is 56.4 Å². The van der Waals surface area contributed by atoms with Crippen molar-refractivity contribution in [3.63, 3.8) is 0 Å². The van der Waals surface area contributed by atoms with E-state index < -0.39 is 23.5 Å². The highest BCUT2D eigenvalue weighted by molar-refractivity contribution is 5.68. The number of nitriles is 1. The van der Waals surface area contributed by atoms with Crippen LogP contribution in [0.2, 0.25) is 0 Å². The number of nitrogen functional groups attached to an aromatic ring is 1. The molecule has 2 unspecified atom stereocenters. The smallest absolute Gasteiger partial charge is 0.410 e. The minimum absolute atomic E-state index is 0.0769. The molecule has 1 saturated heterocycles. The van der Waals surface area contributed by atoms with Crippen LogP contribution in [0, 0.1) is 11.3 Å². The number of rotatable bonds is 4. The highest BCUT2D eigenvalue weighted by Crippen LogP contribution is 2.33. The molecule has 0 bridgehead atoms. The minimum Gasteiger partial charge on any atom is -0.484 e. The van der Waals surface area contributed by atoms with Crippen LogP contribution < -0.4 is 10.5 Å². The summed E-state index contributed by atoms with van der Waals surface area (Å²) in [6, 6.07) is 5.13. The molecule has 3 rings (SSSR count). The fourth-order valence-electron chi connectivity index (χ4n) is 3.26. The number of carbonyl (C=O) groups is 1. The molecule has 0 aliphatic carbocycles. The molecule has 168 valence electrons. The Morgan fingerprint density at radius 3 is 2.81 bits per heavy atom. The molecular weight excluding hydrogens is 415 g/mol. The van der Waals surface area contributed by atoms with Crippen LogP contribution in [0.3, 0.4) is 0 Å². The predicted molar refractivity (Wildman–Crippen MR) is 115 cm³/mol. The van der Waals surface area contributed by atoms with Gasteiger partial charge in [0.25, 0.3) is 0 Å². The summed E-state index contributed by atoms with van der Waals surface area (Å²) in [5.41, 5.74) is 3.87. The predicted octanol–water partition coefficient (Wildman–Crippen LogP) is 3.27. The number of piperidine rings is 1. The molecule has 0 aromatic carbocycles. The van der Waals surface area contributed by atoms with E-state index in [1.165, 1.54) is 23.4 Å². The van der Waals surface area contributed by atoms with Gasteiger partial charge in [-0.3, -0.25) is 4.98 Å². The van der Waals surface area contributed by atoms with Crippen molar-refractivity contribution in [3.05, 3.63) is 42.7 Å². The topological polar surface area (TPSA) is 127 Å². The Bertz CT molecular complexity index is 1060. The molecule has 2 atom stereocenters. The molecule has 1 amide bonds. The Morgan fingerprint density at radius 2 is 2.19 bits per heavy atom. The van der Waals surface area contributed by atoms with E-state index in [9.17, 15) is 10.1 Å². The van der Waals surface area contributed by atoms with Gasteiger partial charge in [0.15, 0.2) is 11.4 Å². The first kappa shape index (κ1) is 22.9. The fourth-order valence-corrected chi connectivity index (χ4v) is 3.26. The average Bonchev–Trinajstić information content (AvgIpc) is 2.74. The molecule has 3 heterocycles. The lowest BCUT2D eigenvalue weighted by molar-refractivity contribution is -0.0382. The second-order valence-corrected chi connectivity index (χ2v) is 8.41. The zero-order valence-corrected chi connectivity index (χ0v) is 18.2. The molecule has 9 nitrogen and oxygen atoms in total. The summed E-state index contributed by atoms with van der Waals surface area (Å²) in [6.07, 6.45) is 2.55. The lowest BCUT2D eigenvalue weighted by Gasteiger charge is -2.41. The molecule has 2 N–H and O–H groups in total. The van der Waals surface area contributed by atoms with Crippen molar-refractivity contribution in [2.75, 3.05) is 18.8 Å². The van der Waals surface area contributed by atoms with E-state index in [0.29, 0.717) is 11.4 Å². The molecule has 2 aromatic heterocycles. The van der Waals surface area contributed by atoms with Gasteiger partial charge in [-0.05, 0) is 39.0 Å². The van der Waals surface area contributed by atoms with E-state index in [-0.39, 0.29) is 36.8 Å². The molecular formula is C22H25FN6O3. The van der Waals surface area contributed by atoms with Crippen LogP contribution in [0.4, 0.5) is 15.1 Å². The van der Waals surface area contributed by atoms with Gasteiger partial charge in [-0.15, -0.1) is 0 Å². The number of hydrogen-bond donors (Lipinski definition) is 1. The highest BCUT2D eigenvalue weighted by atomic mass is 19.1. The van der Waals surface area contributed by atoms with Gasteiger partial charge < -0.3 is 20.1 Å². The van der Waals surface area contributed by atoms with E-state index in [2.05, 4.69) is 21.5 Å². The molecule has 0 saturated carbocycles. The van der Waals surface area contributed by atoms with Crippen LogP contribution in [0.5, 0.6) is 5.75 Å². The molecule has 1 fully saturated rings. The number of aromatic nitrogens is 3. The van der Waals surface area contributed by atoms with E-state index in [4.69, 9.17) is 15.2 Å². The zero-order valence-electron chi connectivity index (χ0n) is 18.2. The standard InChI is InChI=1S/C22H25FN6O3/c1-5-22(23)13-29(20(30)32-21(2,3)4)9-7-18(22)31-17-12-27-16(10-14(17)11-24)15-6-8-26-19(25)28-15/h5-6,8,10,12,18H,1,7,9,13H2,2-4H3,(H2,25,26,28). The Balaban J connectivity index is 1.80. The molecule has 2 aromatic rings. The van der Waals surface area contributed by atoms with Crippen LogP contribution >= 0.6 is 0 Å². The van der Waals surface area contributed by atoms with E-state index in [0.717, 1.165) is 6.08 Å². The quantitative estimate of drug-likeness (QED) is 0.718. The van der Waals surface area contributed by atoms with Gasteiger partial charge in [0, 0.05) is 19.2 Å². The van der Waals surface area contributed by atoms with Crippen LogP contribution in [0.25, 0.3) is 11.4 Å². The normalized spacial score (nSPS) is 20.8. The fraction of sp³-hybridized carbons (Fsp3) is 0.409. The van der Waals surface area contributed by atoms with Crippen LogP contribution in [-0.2, 0) is 4.74 Å². The van der Waals surface area contributed by atoms with E-state index in [1.807, 2.05) is 6.07 Å². The summed E-state index contributed by atoms with van der Waals surface area (Å²) in [5.74, 6) is 0.200. The van der Waals surface area contributed by atoms with Gasteiger partial charge >= 0.3 is 6.09 Å². The summed E-state index contributed by atoms with van der Waals surface area (Å²) >= 11 is 0. The number of carbonyl (C=O) groups excluding carboxylic acids is 1. The minimum atomic E-state index is -2.04. The maximum absolute atomic E-state index is 15.7. The molecule has 32 heavy (non-hydrogen) atoms. The molecule has 10 heteroatoms. The Kier molecular flexibility index (Phi) is 6.30. The number of anilines is 1. The summed E-state index contributed by atoms with van der Waals surface area (Å²) < 4.78 is 26.9. The maximum atomic E-state index is 15.7. The first-order chi connectivity index (χ1) is 15.0. The second-order valence-electron chi connectivity index (χ2n) is 8.41. The highest BCUT2D eigenvalue weighted by Gasteiger charge is 2.46. The molecule has 1 aliphatic rings. The summed E-state index contributed by atoms with van der Waals surface area (Å²) in [5, 5.41) is 9.59. The van der Waals surface area contributed by atoms with Crippen molar-refractivity contribution in [1.29, 1.82) is 5.26 Å². The van der Waals surface area contributed by atoms with Gasteiger partial charge in [-0.25, -0.2) is 19.2 Å². The number of alkyl halides is 1. The second kappa shape index (κ2) is 8.78. The monoisotopic (exact) mass is 440 g/mol. The van der Waals surface area contributed by atoms with Gasteiger partial charge in [0.1, 0.15) is 17.8 Å².